The Hall–Kier alpha value is -6.53. The van der Waals surface area contributed by atoms with Crippen LogP contribution in [0.5, 0.6) is 0 Å². The van der Waals surface area contributed by atoms with E-state index in [4.69, 9.17) is 42.5 Å². The molecule has 16 heteroatoms. The van der Waals surface area contributed by atoms with E-state index < -0.39 is 20.5 Å². The number of oxime groups is 1. The molecule has 0 fully saturated rings. The number of hydrogen-bond donors (Lipinski definition) is 3. The normalized spacial score (nSPS) is 20.1. The lowest BCUT2D eigenvalue weighted by Crippen LogP contribution is -2.58. The molecule has 14 nitrogen and oxygen atoms in total. The minimum atomic E-state index is -4.69. The van der Waals surface area contributed by atoms with Crippen LogP contribution in [0.15, 0.2) is 187 Å². The predicted octanol–water partition coefficient (Wildman–Crippen LogP) is 4.67. The monoisotopic (exact) mass is 1070 g/mol. The SMILES string of the molecule is C=C1N(C)c2ccccc2C1(C)C.CC[N+]1=C(C=NO)C(C)(Cc2ccccc2)c2ccccc21.CN1C(=CC2=[N+](C)c3ccccc3C2(C)C)C(C)(Cc2ccccc2)c2ccccc21.[O-][Cl+3]([O-])([O-])O.[O-][Cl+3]([O-])([O-])O. The van der Waals surface area contributed by atoms with Crippen molar-refractivity contribution in [2.45, 2.75) is 83.0 Å². The average Bonchev–Trinajstić information content (AvgIpc) is 3.92. The number of rotatable bonds is 7. The van der Waals surface area contributed by atoms with E-state index >= 15 is 0 Å². The molecular formula is C60H69Cl2N5O9+2. The van der Waals surface area contributed by atoms with Gasteiger partial charge in [-0.15, -0.1) is 0 Å². The van der Waals surface area contributed by atoms with Gasteiger partial charge in [0.05, 0.1) is 40.6 Å². The number of fused-ring (bicyclic) bond motifs is 4. The van der Waals surface area contributed by atoms with E-state index in [1.165, 1.54) is 73.2 Å². The summed E-state index contributed by atoms with van der Waals surface area (Å²) in [5.41, 5.74) is 17.9. The summed E-state index contributed by atoms with van der Waals surface area (Å²) in [4.78, 5) is 4.58. The van der Waals surface area contributed by atoms with Gasteiger partial charge in [-0.25, -0.2) is 0 Å². The van der Waals surface area contributed by atoms with Crippen LogP contribution < -0.4 is 37.8 Å². The standard InChI is InChI=1S/C29H31N2.C19H20N2O.C12H15N.2ClHO4/c1-28(2)22-15-9-11-17-24(22)30(4)26(28)19-27-29(3,20-21-13-7-6-8-14-21)23-16-10-12-18-25(23)31(27)5;1-3-21-17-12-8-7-11-16(17)19(2,18(21)14-20-22)13-15-9-5-4-6-10-15;1-9-12(2,3)10-7-5-6-8-11(10)13(9)4;2*2-1(3,4)5/h6-19H,20H2,1-5H3;4-12,14H,3,13H2,1-2H3;5-8H,1H2,2-4H3;2*(H,2,3,4,5)/q+1;;;;/p+1. The van der Waals surface area contributed by atoms with Crippen molar-refractivity contribution in [3.8, 4) is 0 Å². The van der Waals surface area contributed by atoms with Crippen molar-refractivity contribution in [1.29, 1.82) is 0 Å². The molecular weight excluding hydrogens is 1010 g/mol. The van der Waals surface area contributed by atoms with Gasteiger partial charge >= 0.3 is 0 Å². The molecule has 0 radical (unpaired) electrons. The van der Waals surface area contributed by atoms with Crippen molar-refractivity contribution in [2.75, 3.05) is 37.5 Å². The van der Waals surface area contributed by atoms with E-state index in [-0.39, 0.29) is 21.7 Å². The molecule has 3 N–H and O–H groups in total. The largest absolute Gasteiger partial charge is 0.411 e. The number of nitrogens with zero attached hydrogens (tertiary/aromatic N) is 5. The van der Waals surface area contributed by atoms with E-state index in [1.54, 1.807) is 6.21 Å². The van der Waals surface area contributed by atoms with Crippen molar-refractivity contribution in [2.24, 2.45) is 5.16 Å². The number of anilines is 2. The second-order valence-corrected chi connectivity index (χ2v) is 22.1. The zero-order valence-electron chi connectivity index (χ0n) is 44.8. The third-order valence-corrected chi connectivity index (χ3v) is 15.0. The summed E-state index contributed by atoms with van der Waals surface area (Å²) in [5, 5.41) is 12.5. The molecule has 4 heterocycles. The van der Waals surface area contributed by atoms with Crippen molar-refractivity contribution >= 4 is 40.4 Å². The maximum Gasteiger partial charge on any atom is 0.214 e. The molecule has 4 aliphatic heterocycles. The second kappa shape index (κ2) is 23.4. The van der Waals surface area contributed by atoms with Crippen LogP contribution in [-0.4, -0.2) is 69.0 Å². The third-order valence-electron chi connectivity index (χ3n) is 15.0. The lowest BCUT2D eigenvalue weighted by atomic mass is 9.74. The maximum absolute atomic E-state index is 9.14. The van der Waals surface area contributed by atoms with Crippen LogP contribution in [0.3, 0.4) is 0 Å². The van der Waals surface area contributed by atoms with E-state index in [9.17, 15) is 0 Å². The highest BCUT2D eigenvalue weighted by molar-refractivity contribution is 6.33. The fourth-order valence-corrected chi connectivity index (χ4v) is 11.3. The molecule has 0 amide bonds. The van der Waals surface area contributed by atoms with Crippen LogP contribution in [0.2, 0.25) is 0 Å². The van der Waals surface area contributed by atoms with Gasteiger partial charge in [0.2, 0.25) is 17.1 Å². The Labute approximate surface area is 451 Å². The summed E-state index contributed by atoms with van der Waals surface area (Å²) in [6.45, 7) is 20.9. The van der Waals surface area contributed by atoms with Gasteiger partial charge in [0.15, 0.2) is 5.71 Å². The number of hydrogen-bond acceptors (Lipinski definition) is 12. The quantitative estimate of drug-likeness (QED) is 0.0863. The summed E-state index contributed by atoms with van der Waals surface area (Å²) >= 11 is 0. The Bertz CT molecular complexity index is 3120. The highest BCUT2D eigenvalue weighted by atomic mass is 35.7. The van der Waals surface area contributed by atoms with E-state index in [0.29, 0.717) is 0 Å². The number of halogens is 2. The van der Waals surface area contributed by atoms with Gasteiger partial charge in [0.1, 0.15) is 19.8 Å². The molecule has 0 saturated heterocycles. The molecule has 6 aromatic rings. The Kier molecular flexibility index (Phi) is 18.1. The third kappa shape index (κ3) is 12.8. The van der Waals surface area contributed by atoms with E-state index in [2.05, 4.69) is 258 Å². The highest BCUT2D eigenvalue weighted by Gasteiger charge is 2.49. The lowest BCUT2D eigenvalue weighted by molar-refractivity contribution is -1.92. The molecule has 10 rings (SSSR count). The Morgan fingerprint density at radius 3 is 1.42 bits per heavy atom. The molecule has 0 aliphatic carbocycles. The van der Waals surface area contributed by atoms with Gasteiger partial charge in [-0.3, -0.25) is 0 Å². The zero-order chi connectivity index (χ0) is 56.0. The van der Waals surface area contributed by atoms with Crippen LogP contribution in [0.4, 0.5) is 22.7 Å². The van der Waals surface area contributed by atoms with E-state index in [1.807, 2.05) is 6.07 Å². The molecule has 0 saturated carbocycles. The topological polar surface area (TPSA) is 224 Å². The minimum Gasteiger partial charge on any atom is -0.411 e. The summed E-state index contributed by atoms with van der Waals surface area (Å²) in [7, 11) is -2.89. The van der Waals surface area contributed by atoms with Crippen LogP contribution in [0.1, 0.15) is 81.8 Å². The first-order chi connectivity index (χ1) is 35.6. The van der Waals surface area contributed by atoms with Crippen LogP contribution in [0.25, 0.3) is 0 Å². The fourth-order valence-electron chi connectivity index (χ4n) is 11.3. The number of para-hydroxylation sites is 4. The Morgan fingerprint density at radius 2 is 0.947 bits per heavy atom. The highest BCUT2D eigenvalue weighted by Crippen LogP contribution is 2.51. The molecule has 6 aromatic carbocycles. The van der Waals surface area contributed by atoms with Crippen LogP contribution >= 0.6 is 0 Å². The van der Waals surface area contributed by atoms with Gasteiger partial charge in [0, 0.05) is 77.0 Å². The molecule has 2 unspecified atom stereocenters. The number of allylic oxidation sites excluding steroid dienone is 3. The van der Waals surface area contributed by atoms with Gasteiger partial charge in [-0.1, -0.05) is 159 Å². The zero-order valence-corrected chi connectivity index (χ0v) is 46.3. The van der Waals surface area contributed by atoms with Gasteiger partial charge in [-0.05, 0) is 81.8 Å². The Morgan fingerprint density at radius 1 is 0.539 bits per heavy atom. The molecule has 0 spiro atoms. The average molecular weight is 1080 g/mol. The molecule has 0 aromatic heterocycles. The van der Waals surface area contributed by atoms with Gasteiger partial charge in [-0.2, -0.15) is 37.1 Å². The number of benzene rings is 6. The number of likely N-dealkylation sites (N-methyl/N-ethyl adjacent to an activating group) is 2. The maximum atomic E-state index is 9.14. The second-order valence-electron chi connectivity index (χ2n) is 20.5. The smallest absolute Gasteiger partial charge is 0.214 e. The first-order valence-electron chi connectivity index (χ1n) is 24.6. The fraction of sp³-hybridized carbons (Fsp3) is 0.283. The summed E-state index contributed by atoms with van der Waals surface area (Å²) < 4.78 is 70.1. The van der Waals surface area contributed by atoms with E-state index in [0.717, 1.165) is 25.1 Å². The van der Waals surface area contributed by atoms with Crippen molar-refractivity contribution in [3.05, 3.63) is 215 Å². The Balaban J connectivity index is 0.000000180. The van der Waals surface area contributed by atoms with Crippen molar-refractivity contribution in [1.82, 2.24) is 0 Å². The van der Waals surface area contributed by atoms with Crippen molar-refractivity contribution < 1.29 is 72.1 Å². The molecule has 2 atom stereocenters. The first-order valence-corrected chi connectivity index (χ1v) is 27.2. The lowest BCUT2D eigenvalue weighted by Gasteiger charge is -2.29. The van der Waals surface area contributed by atoms with Gasteiger partial charge < -0.3 is 15.0 Å². The van der Waals surface area contributed by atoms with Crippen LogP contribution in [0, 0.1) is 20.5 Å². The minimum absolute atomic E-state index is 0.0401. The predicted molar refractivity (Wildman–Crippen MR) is 282 cm³/mol. The molecule has 0 bridgehead atoms. The summed E-state index contributed by atoms with van der Waals surface area (Å²) in [6.07, 6.45) is 5.91. The van der Waals surface area contributed by atoms with Gasteiger partial charge in [0.25, 0.3) is 0 Å². The molecule has 4 aliphatic rings. The molecule has 400 valence electrons. The summed E-state index contributed by atoms with van der Waals surface area (Å²) in [5.74, 6) is 0. The summed E-state index contributed by atoms with van der Waals surface area (Å²) in [6, 6.07) is 56.0. The first kappa shape index (κ1) is 58.7. The molecule has 76 heavy (non-hydrogen) atoms. The van der Waals surface area contributed by atoms with Crippen molar-refractivity contribution in [3.63, 3.8) is 0 Å². The van der Waals surface area contributed by atoms with Crippen LogP contribution in [-0.2, 0) is 34.5 Å².